The first-order valence-corrected chi connectivity index (χ1v) is 10.9. The average Bonchev–Trinajstić information content (AvgIpc) is 3.23. The second-order valence-electron chi connectivity index (χ2n) is 8.22. The van der Waals surface area contributed by atoms with E-state index in [0.717, 1.165) is 51.1 Å². The fourth-order valence-electron chi connectivity index (χ4n) is 5.20. The molecule has 1 atom stereocenters. The van der Waals surface area contributed by atoms with E-state index in [4.69, 9.17) is 9.84 Å². The first kappa shape index (κ1) is 18.6. The number of fused-ring (bicyclic) bond motifs is 2. The first-order chi connectivity index (χ1) is 14.3. The van der Waals surface area contributed by atoms with Gasteiger partial charge in [0, 0.05) is 31.1 Å². The third kappa shape index (κ3) is 3.30. The largest absolute Gasteiger partial charge is 0.370 e. The lowest BCUT2D eigenvalue weighted by Gasteiger charge is -2.46. The van der Waals surface area contributed by atoms with E-state index in [9.17, 15) is 0 Å². The van der Waals surface area contributed by atoms with E-state index in [0.29, 0.717) is 6.04 Å². The summed E-state index contributed by atoms with van der Waals surface area (Å²) in [5, 5.41) is 4.76. The Kier molecular flexibility index (Phi) is 4.98. The SMILES string of the molecule is CCC(c1ccccc1)N1CCC2(CC1)OCCc1c2cnn1-c1ccccc1. The van der Waals surface area contributed by atoms with Crippen LogP contribution in [0.4, 0.5) is 0 Å². The van der Waals surface area contributed by atoms with Crippen molar-refractivity contribution in [2.24, 2.45) is 0 Å². The molecule has 1 aromatic heterocycles. The first-order valence-electron chi connectivity index (χ1n) is 10.9. The van der Waals surface area contributed by atoms with Crippen molar-refractivity contribution in [2.75, 3.05) is 19.7 Å². The third-order valence-electron chi connectivity index (χ3n) is 6.70. The number of ether oxygens (including phenoxy) is 1. The van der Waals surface area contributed by atoms with Gasteiger partial charge in [-0.05, 0) is 37.0 Å². The van der Waals surface area contributed by atoms with Gasteiger partial charge in [0.15, 0.2) is 0 Å². The number of piperidine rings is 1. The zero-order valence-electron chi connectivity index (χ0n) is 17.1. The van der Waals surface area contributed by atoms with Crippen molar-refractivity contribution < 1.29 is 4.74 Å². The summed E-state index contributed by atoms with van der Waals surface area (Å²) in [5.41, 5.74) is 5.02. The number of likely N-dealkylation sites (tertiary alicyclic amines) is 1. The molecule has 0 bridgehead atoms. The summed E-state index contributed by atoms with van der Waals surface area (Å²) in [6.07, 6.45) is 6.19. The third-order valence-corrected chi connectivity index (χ3v) is 6.70. The van der Waals surface area contributed by atoms with E-state index in [1.54, 1.807) is 0 Å². The van der Waals surface area contributed by atoms with Crippen LogP contribution in [0.2, 0.25) is 0 Å². The molecule has 2 aromatic carbocycles. The fourth-order valence-corrected chi connectivity index (χ4v) is 5.20. The summed E-state index contributed by atoms with van der Waals surface area (Å²) in [6, 6.07) is 21.9. The Balaban J connectivity index is 1.39. The minimum Gasteiger partial charge on any atom is -0.370 e. The Morgan fingerprint density at radius 2 is 1.69 bits per heavy atom. The van der Waals surface area contributed by atoms with Crippen molar-refractivity contribution in [1.82, 2.24) is 14.7 Å². The maximum Gasteiger partial charge on any atom is 0.0989 e. The maximum atomic E-state index is 6.47. The Morgan fingerprint density at radius 3 is 2.38 bits per heavy atom. The van der Waals surface area contributed by atoms with Crippen LogP contribution in [-0.4, -0.2) is 34.4 Å². The molecule has 1 unspecified atom stereocenters. The molecule has 29 heavy (non-hydrogen) atoms. The van der Waals surface area contributed by atoms with Crippen LogP contribution in [-0.2, 0) is 16.8 Å². The molecule has 150 valence electrons. The Morgan fingerprint density at radius 1 is 1.00 bits per heavy atom. The number of benzene rings is 2. The van der Waals surface area contributed by atoms with E-state index in [2.05, 4.69) is 83.4 Å². The number of rotatable bonds is 4. The van der Waals surface area contributed by atoms with E-state index < -0.39 is 0 Å². The minimum atomic E-state index is -0.175. The highest BCUT2D eigenvalue weighted by molar-refractivity contribution is 5.38. The Bertz CT molecular complexity index is 943. The lowest BCUT2D eigenvalue weighted by Crippen LogP contribution is -2.47. The van der Waals surface area contributed by atoms with Crippen LogP contribution in [0.3, 0.4) is 0 Å². The van der Waals surface area contributed by atoms with E-state index in [1.165, 1.54) is 16.8 Å². The van der Waals surface area contributed by atoms with Gasteiger partial charge in [0.05, 0.1) is 29.8 Å². The van der Waals surface area contributed by atoms with Crippen molar-refractivity contribution in [1.29, 1.82) is 0 Å². The molecular weight excluding hydrogens is 358 g/mol. The van der Waals surface area contributed by atoms with Crippen LogP contribution >= 0.6 is 0 Å². The van der Waals surface area contributed by atoms with Crippen LogP contribution in [0.1, 0.15) is 49.0 Å². The maximum absolute atomic E-state index is 6.47. The normalized spacial score (nSPS) is 19.8. The molecule has 0 amide bonds. The molecule has 3 aromatic rings. The van der Waals surface area contributed by atoms with Gasteiger partial charge in [-0.1, -0.05) is 55.5 Å². The van der Waals surface area contributed by atoms with Gasteiger partial charge in [-0.3, -0.25) is 4.90 Å². The van der Waals surface area contributed by atoms with Crippen molar-refractivity contribution in [3.8, 4) is 5.69 Å². The smallest absolute Gasteiger partial charge is 0.0989 e. The van der Waals surface area contributed by atoms with Crippen LogP contribution < -0.4 is 0 Å². The quantitative estimate of drug-likeness (QED) is 0.639. The van der Waals surface area contributed by atoms with Gasteiger partial charge in [0.1, 0.15) is 0 Å². The molecule has 5 rings (SSSR count). The molecule has 2 aliphatic rings. The van der Waals surface area contributed by atoms with E-state index in [1.807, 2.05) is 0 Å². The lowest BCUT2D eigenvalue weighted by molar-refractivity contribution is -0.104. The van der Waals surface area contributed by atoms with E-state index >= 15 is 0 Å². The zero-order valence-corrected chi connectivity index (χ0v) is 17.1. The zero-order chi connectivity index (χ0) is 19.7. The molecule has 1 fully saturated rings. The summed E-state index contributed by atoms with van der Waals surface area (Å²) in [6.45, 7) is 5.19. The standard InChI is InChI=1S/C25H29N3O/c1-2-23(20-9-5-3-6-10-20)27-16-14-25(15-17-27)22-19-26-28(24(22)13-18-29-25)21-11-7-4-8-12-21/h3-12,19,23H,2,13-18H2,1H3. The number of para-hydroxylation sites is 1. The second-order valence-corrected chi connectivity index (χ2v) is 8.22. The molecular formula is C25H29N3O. The molecule has 0 aliphatic carbocycles. The van der Waals surface area contributed by atoms with Gasteiger partial charge >= 0.3 is 0 Å². The summed E-state index contributed by atoms with van der Waals surface area (Å²) in [5.74, 6) is 0. The number of hydrogen-bond acceptors (Lipinski definition) is 3. The molecule has 2 aliphatic heterocycles. The van der Waals surface area contributed by atoms with Crippen molar-refractivity contribution in [2.45, 2.75) is 44.2 Å². The fraction of sp³-hybridized carbons (Fsp3) is 0.400. The second kappa shape index (κ2) is 7.77. The van der Waals surface area contributed by atoms with Gasteiger partial charge in [-0.25, -0.2) is 4.68 Å². The lowest BCUT2D eigenvalue weighted by atomic mass is 9.81. The van der Waals surface area contributed by atoms with Crippen LogP contribution in [0, 0.1) is 0 Å². The van der Waals surface area contributed by atoms with Gasteiger partial charge in [-0.2, -0.15) is 5.10 Å². The highest BCUT2D eigenvalue weighted by atomic mass is 16.5. The molecule has 0 saturated carbocycles. The van der Waals surface area contributed by atoms with Crippen molar-refractivity contribution in [3.63, 3.8) is 0 Å². The Labute approximate surface area is 173 Å². The van der Waals surface area contributed by atoms with Crippen molar-refractivity contribution in [3.05, 3.63) is 83.7 Å². The van der Waals surface area contributed by atoms with Gasteiger partial charge in [0.25, 0.3) is 0 Å². The molecule has 1 spiro atoms. The minimum absolute atomic E-state index is 0.175. The summed E-state index contributed by atoms with van der Waals surface area (Å²) < 4.78 is 8.59. The summed E-state index contributed by atoms with van der Waals surface area (Å²) in [4.78, 5) is 2.64. The van der Waals surface area contributed by atoms with Crippen LogP contribution in [0.15, 0.2) is 66.9 Å². The van der Waals surface area contributed by atoms with Gasteiger partial charge < -0.3 is 4.74 Å². The highest BCUT2D eigenvalue weighted by Gasteiger charge is 2.43. The van der Waals surface area contributed by atoms with Crippen LogP contribution in [0.25, 0.3) is 5.69 Å². The summed E-state index contributed by atoms with van der Waals surface area (Å²) >= 11 is 0. The molecule has 4 heteroatoms. The number of aromatic nitrogens is 2. The molecule has 0 N–H and O–H groups in total. The highest BCUT2D eigenvalue weighted by Crippen LogP contribution is 2.43. The molecule has 4 nitrogen and oxygen atoms in total. The van der Waals surface area contributed by atoms with E-state index in [-0.39, 0.29) is 5.60 Å². The topological polar surface area (TPSA) is 30.3 Å². The average molecular weight is 388 g/mol. The number of nitrogens with zero attached hydrogens (tertiary/aromatic N) is 3. The number of hydrogen-bond donors (Lipinski definition) is 0. The molecule has 3 heterocycles. The molecule has 1 saturated heterocycles. The van der Waals surface area contributed by atoms with Gasteiger partial charge in [0.2, 0.25) is 0 Å². The predicted octanol–water partition coefficient (Wildman–Crippen LogP) is 4.89. The van der Waals surface area contributed by atoms with Crippen molar-refractivity contribution >= 4 is 0 Å². The monoisotopic (exact) mass is 387 g/mol. The van der Waals surface area contributed by atoms with Gasteiger partial charge in [-0.15, -0.1) is 0 Å². The Hall–Kier alpha value is -2.43. The van der Waals surface area contributed by atoms with Crippen LogP contribution in [0.5, 0.6) is 0 Å². The molecule has 0 radical (unpaired) electrons. The predicted molar refractivity (Wildman–Crippen MR) is 115 cm³/mol. The summed E-state index contributed by atoms with van der Waals surface area (Å²) in [7, 11) is 0.